The molecule has 4 nitrogen and oxygen atoms in total. The Kier molecular flexibility index (Phi) is 2.37. The van der Waals surface area contributed by atoms with Gasteiger partial charge in [-0.15, -0.1) is 5.10 Å². The third-order valence-electron chi connectivity index (χ3n) is 2.61. The van der Waals surface area contributed by atoms with E-state index in [1.165, 1.54) is 0 Å². The van der Waals surface area contributed by atoms with Crippen LogP contribution in [-0.2, 0) is 4.74 Å². The standard InChI is InChI=1S/C10H15N3O/c1-10(2)8(5-7-14-10)12-9-4-3-6-11-13-9/h3-4,6,8H,5,7H2,1-2H3,(H,12,13). The van der Waals surface area contributed by atoms with Crippen LogP contribution in [0.4, 0.5) is 5.82 Å². The van der Waals surface area contributed by atoms with Gasteiger partial charge in [-0.1, -0.05) is 0 Å². The lowest BCUT2D eigenvalue weighted by atomic mass is 9.99. The zero-order chi connectivity index (χ0) is 10.0. The molecule has 0 aromatic carbocycles. The second kappa shape index (κ2) is 3.53. The summed E-state index contributed by atoms with van der Waals surface area (Å²) in [5.41, 5.74) is -0.114. The van der Waals surface area contributed by atoms with Crippen LogP contribution >= 0.6 is 0 Å². The van der Waals surface area contributed by atoms with Crippen LogP contribution in [0.15, 0.2) is 18.3 Å². The first-order valence-electron chi connectivity index (χ1n) is 4.87. The highest BCUT2D eigenvalue weighted by Crippen LogP contribution is 2.27. The van der Waals surface area contributed by atoms with E-state index in [1.807, 2.05) is 12.1 Å². The van der Waals surface area contributed by atoms with Crippen molar-refractivity contribution in [3.05, 3.63) is 18.3 Å². The Morgan fingerprint density at radius 1 is 1.57 bits per heavy atom. The molecule has 4 heteroatoms. The van der Waals surface area contributed by atoms with E-state index in [9.17, 15) is 0 Å². The number of hydrogen-bond acceptors (Lipinski definition) is 4. The molecule has 14 heavy (non-hydrogen) atoms. The fraction of sp³-hybridized carbons (Fsp3) is 0.600. The molecule has 1 unspecified atom stereocenters. The molecule has 1 aromatic rings. The van der Waals surface area contributed by atoms with Crippen LogP contribution in [0.1, 0.15) is 20.3 Å². The third kappa shape index (κ3) is 1.85. The van der Waals surface area contributed by atoms with Gasteiger partial charge in [-0.3, -0.25) is 0 Å². The van der Waals surface area contributed by atoms with Crippen LogP contribution in [0.3, 0.4) is 0 Å². The molecule has 2 rings (SSSR count). The molecule has 1 saturated heterocycles. The quantitative estimate of drug-likeness (QED) is 0.772. The number of anilines is 1. The minimum Gasteiger partial charge on any atom is -0.373 e. The Balaban J connectivity index is 2.05. The maximum absolute atomic E-state index is 5.61. The highest BCUT2D eigenvalue weighted by molar-refractivity contribution is 5.34. The Labute approximate surface area is 83.7 Å². The van der Waals surface area contributed by atoms with Crippen LogP contribution in [0.25, 0.3) is 0 Å². The van der Waals surface area contributed by atoms with Gasteiger partial charge in [0.15, 0.2) is 0 Å². The maximum Gasteiger partial charge on any atom is 0.148 e. The van der Waals surface area contributed by atoms with Crippen LogP contribution < -0.4 is 5.32 Å². The van der Waals surface area contributed by atoms with Gasteiger partial charge in [0.25, 0.3) is 0 Å². The number of hydrogen-bond donors (Lipinski definition) is 1. The fourth-order valence-corrected chi connectivity index (χ4v) is 1.69. The number of nitrogens with zero attached hydrogens (tertiary/aromatic N) is 2. The molecule has 1 aliphatic heterocycles. The van der Waals surface area contributed by atoms with E-state index in [4.69, 9.17) is 4.74 Å². The van der Waals surface area contributed by atoms with E-state index in [0.717, 1.165) is 18.8 Å². The van der Waals surface area contributed by atoms with Crippen molar-refractivity contribution in [3.8, 4) is 0 Å². The van der Waals surface area contributed by atoms with Gasteiger partial charge >= 0.3 is 0 Å². The topological polar surface area (TPSA) is 47.0 Å². The third-order valence-corrected chi connectivity index (χ3v) is 2.61. The Morgan fingerprint density at radius 3 is 3.00 bits per heavy atom. The van der Waals surface area contributed by atoms with Gasteiger partial charge < -0.3 is 10.1 Å². The molecule has 1 N–H and O–H groups in total. The van der Waals surface area contributed by atoms with Crippen molar-refractivity contribution in [3.63, 3.8) is 0 Å². The van der Waals surface area contributed by atoms with E-state index in [1.54, 1.807) is 6.20 Å². The van der Waals surface area contributed by atoms with Crippen LogP contribution in [0.2, 0.25) is 0 Å². The Morgan fingerprint density at radius 2 is 2.43 bits per heavy atom. The summed E-state index contributed by atoms with van der Waals surface area (Å²) >= 11 is 0. The van der Waals surface area contributed by atoms with Crippen LogP contribution in [0.5, 0.6) is 0 Å². The van der Waals surface area contributed by atoms with Crippen molar-refractivity contribution in [2.45, 2.75) is 31.9 Å². The summed E-state index contributed by atoms with van der Waals surface area (Å²) in [5, 5.41) is 11.1. The average molecular weight is 193 g/mol. The van der Waals surface area contributed by atoms with Gasteiger partial charge in [-0.25, -0.2) is 0 Å². The van der Waals surface area contributed by atoms with Gasteiger partial charge in [0.2, 0.25) is 0 Å². The van der Waals surface area contributed by atoms with Crippen molar-refractivity contribution in [2.24, 2.45) is 0 Å². The van der Waals surface area contributed by atoms with Gasteiger partial charge in [-0.2, -0.15) is 5.10 Å². The van der Waals surface area contributed by atoms with Gasteiger partial charge in [0.1, 0.15) is 5.82 Å². The molecule has 1 aliphatic rings. The van der Waals surface area contributed by atoms with Crippen molar-refractivity contribution in [1.82, 2.24) is 10.2 Å². The van der Waals surface area contributed by atoms with Crippen molar-refractivity contribution >= 4 is 5.82 Å². The van der Waals surface area contributed by atoms with Crippen molar-refractivity contribution in [2.75, 3.05) is 11.9 Å². The molecular formula is C10H15N3O. The van der Waals surface area contributed by atoms with Crippen molar-refractivity contribution < 1.29 is 4.74 Å². The molecule has 1 aromatic heterocycles. The summed E-state index contributed by atoms with van der Waals surface area (Å²) in [5.74, 6) is 0.816. The highest BCUT2D eigenvalue weighted by Gasteiger charge is 2.35. The van der Waals surface area contributed by atoms with Crippen LogP contribution in [-0.4, -0.2) is 28.4 Å². The van der Waals surface area contributed by atoms with Gasteiger partial charge in [0.05, 0.1) is 11.6 Å². The second-order valence-electron chi connectivity index (χ2n) is 4.05. The lowest BCUT2D eigenvalue weighted by Crippen LogP contribution is -2.38. The van der Waals surface area contributed by atoms with Gasteiger partial charge in [0, 0.05) is 12.8 Å². The number of ether oxygens (including phenoxy) is 1. The first-order chi connectivity index (χ1) is 6.68. The molecule has 1 fully saturated rings. The normalized spacial score (nSPS) is 24.9. The predicted octanol–water partition coefficient (Wildman–Crippen LogP) is 1.46. The first kappa shape index (κ1) is 9.40. The van der Waals surface area contributed by atoms with Crippen molar-refractivity contribution in [1.29, 1.82) is 0 Å². The molecule has 2 heterocycles. The van der Waals surface area contributed by atoms with E-state index < -0.39 is 0 Å². The van der Waals surface area contributed by atoms with Gasteiger partial charge in [-0.05, 0) is 32.4 Å². The van der Waals surface area contributed by atoms with Crippen LogP contribution in [0, 0.1) is 0 Å². The summed E-state index contributed by atoms with van der Waals surface area (Å²) < 4.78 is 5.61. The summed E-state index contributed by atoms with van der Waals surface area (Å²) in [6.07, 6.45) is 2.69. The summed E-state index contributed by atoms with van der Waals surface area (Å²) in [6.45, 7) is 4.99. The highest BCUT2D eigenvalue weighted by atomic mass is 16.5. The van der Waals surface area contributed by atoms with E-state index in [0.29, 0.717) is 6.04 Å². The Hall–Kier alpha value is -1.16. The fourth-order valence-electron chi connectivity index (χ4n) is 1.69. The molecular weight excluding hydrogens is 178 g/mol. The molecule has 0 spiro atoms. The summed E-state index contributed by atoms with van der Waals surface area (Å²) in [4.78, 5) is 0. The lowest BCUT2D eigenvalue weighted by molar-refractivity contribution is 0.0314. The zero-order valence-corrected chi connectivity index (χ0v) is 8.53. The zero-order valence-electron chi connectivity index (χ0n) is 8.53. The summed E-state index contributed by atoms with van der Waals surface area (Å²) in [6, 6.07) is 4.11. The number of aromatic nitrogens is 2. The summed E-state index contributed by atoms with van der Waals surface area (Å²) in [7, 11) is 0. The molecule has 0 aliphatic carbocycles. The minimum atomic E-state index is -0.114. The minimum absolute atomic E-state index is 0.114. The number of rotatable bonds is 2. The molecule has 0 bridgehead atoms. The second-order valence-corrected chi connectivity index (χ2v) is 4.05. The smallest absolute Gasteiger partial charge is 0.148 e. The molecule has 0 amide bonds. The van der Waals surface area contributed by atoms with E-state index in [2.05, 4.69) is 29.4 Å². The maximum atomic E-state index is 5.61. The predicted molar refractivity (Wildman–Crippen MR) is 54.1 cm³/mol. The van der Waals surface area contributed by atoms with E-state index >= 15 is 0 Å². The lowest BCUT2D eigenvalue weighted by Gasteiger charge is -2.26. The molecule has 1 atom stereocenters. The SMILES string of the molecule is CC1(C)OCCC1Nc1cccnn1. The molecule has 0 radical (unpaired) electrons. The Bertz CT molecular complexity index is 299. The molecule has 0 saturated carbocycles. The average Bonchev–Trinajstić information content (AvgIpc) is 2.48. The first-order valence-corrected chi connectivity index (χ1v) is 4.87. The molecule has 76 valence electrons. The monoisotopic (exact) mass is 193 g/mol. The number of nitrogens with one attached hydrogen (secondary N) is 1. The largest absolute Gasteiger partial charge is 0.373 e. The van der Waals surface area contributed by atoms with E-state index in [-0.39, 0.29) is 5.60 Å².